The molecule has 1 N–H and O–H groups in total. The lowest BCUT2D eigenvalue weighted by molar-refractivity contribution is -0.123. The summed E-state index contributed by atoms with van der Waals surface area (Å²) in [5, 5.41) is 2.57. The Morgan fingerprint density at radius 1 is 1.03 bits per heavy atom. The minimum Gasteiger partial charge on any atom is -0.449 e. The fraction of sp³-hybridized carbons (Fsp3) is 0.300. The molecule has 0 bridgehead atoms. The van der Waals surface area contributed by atoms with Crippen LogP contribution in [0.25, 0.3) is 0 Å². The van der Waals surface area contributed by atoms with Crippen LogP contribution in [0.1, 0.15) is 30.1 Å². The zero-order valence-electron chi connectivity index (χ0n) is 15.8. The number of benzene rings is 2. The Hall–Kier alpha value is -2.78. The Bertz CT molecular complexity index is 985. The van der Waals surface area contributed by atoms with E-state index in [1.807, 2.05) is 0 Å². The predicted molar refractivity (Wildman–Crippen MR) is 104 cm³/mol. The highest BCUT2D eigenvalue weighted by molar-refractivity contribution is 7.89. The second-order valence-electron chi connectivity index (χ2n) is 6.68. The van der Waals surface area contributed by atoms with Crippen LogP contribution in [-0.2, 0) is 19.6 Å². The fourth-order valence-corrected chi connectivity index (χ4v) is 4.42. The third kappa shape index (κ3) is 4.99. The largest absolute Gasteiger partial charge is 0.449 e. The average molecular weight is 420 g/mol. The van der Waals surface area contributed by atoms with Crippen molar-refractivity contribution in [1.82, 2.24) is 4.31 Å². The van der Waals surface area contributed by atoms with Crippen molar-refractivity contribution in [2.24, 2.45) is 0 Å². The van der Waals surface area contributed by atoms with Crippen molar-refractivity contribution < 1.29 is 27.1 Å². The quantitative estimate of drug-likeness (QED) is 0.726. The van der Waals surface area contributed by atoms with Gasteiger partial charge in [0.1, 0.15) is 5.82 Å². The van der Waals surface area contributed by atoms with Gasteiger partial charge >= 0.3 is 5.97 Å². The molecule has 0 radical (unpaired) electrons. The second kappa shape index (κ2) is 8.71. The van der Waals surface area contributed by atoms with Crippen LogP contribution < -0.4 is 5.32 Å². The van der Waals surface area contributed by atoms with Crippen molar-refractivity contribution in [1.29, 1.82) is 0 Å². The number of carbonyl (C=O) groups is 2. The first kappa shape index (κ1) is 20.9. The van der Waals surface area contributed by atoms with Crippen molar-refractivity contribution >= 4 is 27.6 Å². The second-order valence-corrected chi connectivity index (χ2v) is 8.62. The highest BCUT2D eigenvalue weighted by Gasteiger charge is 2.27. The minimum absolute atomic E-state index is 0.127. The van der Waals surface area contributed by atoms with Crippen LogP contribution in [0.15, 0.2) is 53.4 Å². The molecule has 2 aromatic carbocycles. The van der Waals surface area contributed by atoms with Gasteiger partial charge in [-0.05, 0) is 68.3 Å². The Morgan fingerprint density at radius 3 is 2.21 bits per heavy atom. The summed E-state index contributed by atoms with van der Waals surface area (Å²) >= 11 is 0. The Morgan fingerprint density at radius 2 is 1.62 bits per heavy atom. The number of rotatable bonds is 6. The summed E-state index contributed by atoms with van der Waals surface area (Å²) < 4.78 is 44.5. The van der Waals surface area contributed by atoms with E-state index in [0.29, 0.717) is 18.8 Å². The van der Waals surface area contributed by atoms with Crippen molar-refractivity contribution in [3.05, 3.63) is 59.9 Å². The number of anilines is 1. The molecule has 1 saturated heterocycles. The number of hydrogen-bond donors (Lipinski definition) is 1. The fourth-order valence-electron chi connectivity index (χ4n) is 2.90. The number of sulfonamides is 1. The molecule has 0 aliphatic carbocycles. The first-order valence-corrected chi connectivity index (χ1v) is 10.6. The average Bonchev–Trinajstić information content (AvgIpc) is 3.24. The van der Waals surface area contributed by atoms with Gasteiger partial charge in [-0.3, -0.25) is 4.79 Å². The van der Waals surface area contributed by atoms with Crippen LogP contribution >= 0.6 is 0 Å². The van der Waals surface area contributed by atoms with Gasteiger partial charge in [0.15, 0.2) is 6.10 Å². The van der Waals surface area contributed by atoms with Gasteiger partial charge in [0.05, 0.1) is 10.5 Å². The van der Waals surface area contributed by atoms with E-state index in [9.17, 15) is 22.4 Å². The maximum absolute atomic E-state index is 12.9. The van der Waals surface area contributed by atoms with Crippen molar-refractivity contribution in [2.45, 2.75) is 30.8 Å². The summed E-state index contributed by atoms with van der Waals surface area (Å²) in [7, 11) is -3.53. The van der Waals surface area contributed by atoms with Gasteiger partial charge in [-0.1, -0.05) is 0 Å². The zero-order valence-corrected chi connectivity index (χ0v) is 16.6. The van der Waals surface area contributed by atoms with E-state index in [1.165, 1.54) is 47.6 Å². The number of esters is 1. The highest BCUT2D eigenvalue weighted by atomic mass is 32.2. The minimum atomic E-state index is -3.53. The Balaban J connectivity index is 1.59. The van der Waals surface area contributed by atoms with E-state index < -0.39 is 33.8 Å². The summed E-state index contributed by atoms with van der Waals surface area (Å²) in [6.45, 7) is 2.43. The van der Waals surface area contributed by atoms with Gasteiger partial charge < -0.3 is 10.1 Å². The monoisotopic (exact) mass is 420 g/mol. The molecule has 29 heavy (non-hydrogen) atoms. The maximum atomic E-state index is 12.9. The van der Waals surface area contributed by atoms with Crippen LogP contribution in [-0.4, -0.2) is 43.8 Å². The molecule has 1 heterocycles. The van der Waals surface area contributed by atoms with Crippen molar-refractivity contribution in [3.63, 3.8) is 0 Å². The summed E-state index contributed by atoms with van der Waals surface area (Å²) in [5.41, 5.74) is 0.502. The third-order valence-electron chi connectivity index (χ3n) is 4.56. The molecule has 1 atom stereocenters. The van der Waals surface area contributed by atoms with Crippen LogP contribution in [0, 0.1) is 5.82 Å². The molecule has 0 aromatic heterocycles. The van der Waals surface area contributed by atoms with Crippen LogP contribution in [0.2, 0.25) is 0 Å². The molecule has 0 spiro atoms. The van der Waals surface area contributed by atoms with E-state index in [2.05, 4.69) is 5.32 Å². The first-order valence-electron chi connectivity index (χ1n) is 9.15. The topological polar surface area (TPSA) is 92.8 Å². The van der Waals surface area contributed by atoms with E-state index in [0.717, 1.165) is 25.0 Å². The number of nitrogens with zero attached hydrogens (tertiary/aromatic N) is 1. The predicted octanol–water partition coefficient (Wildman–Crippen LogP) is 2.79. The number of carbonyl (C=O) groups excluding carboxylic acids is 2. The first-order chi connectivity index (χ1) is 13.8. The van der Waals surface area contributed by atoms with E-state index in [-0.39, 0.29) is 10.5 Å². The summed E-state index contributed by atoms with van der Waals surface area (Å²) in [6.07, 6.45) is 0.602. The molecule has 1 fully saturated rings. The number of halogens is 1. The Labute approximate surface area is 168 Å². The van der Waals surface area contributed by atoms with Gasteiger partial charge in [0.25, 0.3) is 5.91 Å². The van der Waals surface area contributed by atoms with Gasteiger partial charge in [0.2, 0.25) is 10.0 Å². The van der Waals surface area contributed by atoms with Crippen molar-refractivity contribution in [3.8, 4) is 0 Å². The van der Waals surface area contributed by atoms with Gasteiger partial charge in [-0.25, -0.2) is 17.6 Å². The smallest absolute Gasteiger partial charge is 0.338 e. The third-order valence-corrected chi connectivity index (χ3v) is 6.47. The SMILES string of the molecule is C[C@@H](OC(=O)c1ccc(F)cc1)C(=O)Nc1ccc(S(=O)(=O)N2CCCC2)cc1. The van der Waals surface area contributed by atoms with Crippen LogP contribution in [0.3, 0.4) is 0 Å². The van der Waals surface area contributed by atoms with Crippen LogP contribution in [0.4, 0.5) is 10.1 Å². The van der Waals surface area contributed by atoms with Crippen molar-refractivity contribution in [2.75, 3.05) is 18.4 Å². The number of nitrogens with one attached hydrogen (secondary N) is 1. The van der Waals surface area contributed by atoms with E-state index >= 15 is 0 Å². The summed E-state index contributed by atoms with van der Waals surface area (Å²) in [4.78, 5) is 24.4. The number of amides is 1. The van der Waals surface area contributed by atoms with Gasteiger partial charge in [-0.2, -0.15) is 4.31 Å². The maximum Gasteiger partial charge on any atom is 0.338 e. The molecule has 3 rings (SSSR count). The summed E-state index contributed by atoms with van der Waals surface area (Å²) in [6, 6.07) is 10.6. The molecule has 154 valence electrons. The molecule has 9 heteroatoms. The van der Waals surface area contributed by atoms with Gasteiger partial charge in [-0.15, -0.1) is 0 Å². The highest BCUT2D eigenvalue weighted by Crippen LogP contribution is 2.22. The lowest BCUT2D eigenvalue weighted by atomic mass is 10.2. The molecule has 7 nitrogen and oxygen atoms in total. The lowest BCUT2D eigenvalue weighted by Crippen LogP contribution is -2.30. The molecule has 1 amide bonds. The van der Waals surface area contributed by atoms with E-state index in [1.54, 1.807) is 0 Å². The lowest BCUT2D eigenvalue weighted by Gasteiger charge is -2.16. The van der Waals surface area contributed by atoms with Crippen LogP contribution in [0.5, 0.6) is 0 Å². The van der Waals surface area contributed by atoms with E-state index in [4.69, 9.17) is 4.74 Å². The number of ether oxygens (including phenoxy) is 1. The molecule has 1 aliphatic heterocycles. The number of hydrogen-bond acceptors (Lipinski definition) is 5. The Kier molecular flexibility index (Phi) is 6.29. The standard InChI is InChI=1S/C20H21FN2O5S/c1-14(28-20(25)15-4-6-16(21)7-5-15)19(24)22-17-8-10-18(11-9-17)29(26,27)23-12-2-3-13-23/h4-11,14H,2-3,12-13H2,1H3,(H,22,24)/t14-/m1/s1. The summed E-state index contributed by atoms with van der Waals surface area (Å²) in [5.74, 6) is -1.81. The zero-order chi connectivity index (χ0) is 21.0. The molecular weight excluding hydrogens is 399 g/mol. The molecule has 1 aliphatic rings. The molecule has 0 saturated carbocycles. The molecular formula is C20H21FN2O5S. The molecule has 0 unspecified atom stereocenters. The normalized spacial score (nSPS) is 15.7. The van der Waals surface area contributed by atoms with Gasteiger partial charge in [0, 0.05) is 18.8 Å². The molecule has 2 aromatic rings.